The van der Waals surface area contributed by atoms with Gasteiger partial charge in [-0.25, -0.2) is 14.2 Å². The van der Waals surface area contributed by atoms with Crippen molar-refractivity contribution in [3.05, 3.63) is 45.3 Å². The predicted molar refractivity (Wildman–Crippen MR) is 125 cm³/mol. The second-order valence-electron chi connectivity index (χ2n) is 7.34. The third-order valence-electron chi connectivity index (χ3n) is 5.13. The van der Waals surface area contributed by atoms with Crippen molar-refractivity contribution < 1.29 is 23.8 Å². The van der Waals surface area contributed by atoms with Crippen LogP contribution in [0.5, 0.6) is 0 Å². The number of amidine groups is 2. The maximum atomic E-state index is 13.8. The van der Waals surface area contributed by atoms with Gasteiger partial charge in [0.2, 0.25) is 0 Å². The fourth-order valence-corrected chi connectivity index (χ4v) is 4.20. The molecular formula is C21H26BrFN6O4. The van der Waals surface area contributed by atoms with Gasteiger partial charge in [-0.3, -0.25) is 15.3 Å². The predicted octanol–water partition coefficient (Wildman–Crippen LogP) is 1.11. The Morgan fingerprint density at radius 3 is 3.03 bits per heavy atom. The maximum absolute atomic E-state index is 13.8. The number of hydrogen-bond donors (Lipinski definition) is 4. The number of ether oxygens (including phenoxy) is 2. The first kappa shape index (κ1) is 25.0. The fourth-order valence-electron chi connectivity index (χ4n) is 3.64. The first-order valence-corrected chi connectivity index (χ1v) is 11.1. The molecule has 0 amide bonds. The second-order valence-corrected chi connectivity index (χ2v) is 8.19. The number of nitrogens with one attached hydrogen (secondary N) is 2. The Balaban J connectivity index is 2.10. The van der Waals surface area contributed by atoms with Gasteiger partial charge < -0.3 is 25.6 Å². The molecule has 1 saturated heterocycles. The van der Waals surface area contributed by atoms with Crippen molar-refractivity contribution in [3.8, 4) is 0 Å². The first-order chi connectivity index (χ1) is 15.9. The Hall–Kier alpha value is -2.67. The standard InChI is InChI=1S/C21H26BrFN6O4/c1-2-32-21(31)17-16(9-29-5-6-33-13(8-29)10-30)27-20(19(25)26-11-24)28-18(17)14-4-3-12(23)7-15(14)22/h3-4,7,11,13,18,30H,2,5-6,8-10H2,1H3,(H,27,28)(H3,24,25,26). The molecular weight excluding hydrogens is 499 g/mol. The number of aliphatic hydroxyl groups excluding tert-OH is 1. The van der Waals surface area contributed by atoms with E-state index in [-0.39, 0.29) is 36.6 Å². The molecule has 1 fully saturated rings. The molecule has 2 unspecified atom stereocenters. The average Bonchev–Trinajstić information content (AvgIpc) is 2.79. The number of nitrogens with zero attached hydrogens (tertiary/aromatic N) is 3. The van der Waals surface area contributed by atoms with E-state index in [1.54, 1.807) is 6.92 Å². The molecule has 0 radical (unpaired) electrons. The van der Waals surface area contributed by atoms with Crippen molar-refractivity contribution in [1.29, 1.82) is 5.41 Å². The highest BCUT2D eigenvalue weighted by atomic mass is 79.9. The Morgan fingerprint density at radius 1 is 1.58 bits per heavy atom. The summed E-state index contributed by atoms with van der Waals surface area (Å²) in [6.07, 6.45) is 0.453. The maximum Gasteiger partial charge on any atom is 0.338 e. The topological polar surface area (TPSA) is 146 Å². The Kier molecular flexibility index (Phi) is 8.67. The molecule has 0 saturated carbocycles. The summed E-state index contributed by atoms with van der Waals surface area (Å²) < 4.78 is 25.0. The molecule has 3 rings (SSSR count). The number of morpholine rings is 1. The van der Waals surface area contributed by atoms with Crippen molar-refractivity contribution >= 4 is 39.9 Å². The molecule has 10 nitrogen and oxygen atoms in total. The van der Waals surface area contributed by atoms with Gasteiger partial charge in [-0.2, -0.15) is 0 Å². The van der Waals surface area contributed by atoms with E-state index in [0.717, 1.165) is 6.34 Å². The zero-order chi connectivity index (χ0) is 24.0. The number of rotatable bonds is 8. The van der Waals surface area contributed by atoms with Gasteiger partial charge in [0.05, 0.1) is 31.5 Å². The van der Waals surface area contributed by atoms with Crippen LogP contribution in [0, 0.1) is 11.2 Å². The molecule has 12 heteroatoms. The van der Waals surface area contributed by atoms with Crippen LogP contribution in [0.3, 0.4) is 0 Å². The zero-order valence-electron chi connectivity index (χ0n) is 18.1. The van der Waals surface area contributed by atoms with Gasteiger partial charge in [-0.1, -0.05) is 22.0 Å². The highest BCUT2D eigenvalue weighted by Crippen LogP contribution is 2.36. The normalized spacial score (nSPS) is 21.9. The van der Waals surface area contributed by atoms with Crippen LogP contribution in [-0.4, -0.2) is 79.5 Å². The van der Waals surface area contributed by atoms with Crippen molar-refractivity contribution in [2.45, 2.75) is 19.1 Å². The van der Waals surface area contributed by atoms with Gasteiger partial charge in [-0.15, -0.1) is 0 Å². The Bertz CT molecular complexity index is 999. The molecule has 0 aromatic heterocycles. The monoisotopic (exact) mass is 524 g/mol. The average molecular weight is 525 g/mol. The van der Waals surface area contributed by atoms with E-state index in [0.29, 0.717) is 42.0 Å². The lowest BCUT2D eigenvalue weighted by molar-refractivity contribution is -0.139. The van der Waals surface area contributed by atoms with Crippen LogP contribution < -0.4 is 11.1 Å². The minimum atomic E-state index is -0.862. The van der Waals surface area contributed by atoms with Gasteiger partial charge in [0.1, 0.15) is 18.2 Å². The van der Waals surface area contributed by atoms with E-state index in [1.807, 2.05) is 4.90 Å². The molecule has 0 bridgehead atoms. The summed E-state index contributed by atoms with van der Waals surface area (Å²) in [5.41, 5.74) is 7.28. The summed E-state index contributed by atoms with van der Waals surface area (Å²) >= 11 is 3.36. The van der Waals surface area contributed by atoms with Crippen LogP contribution in [0.4, 0.5) is 4.39 Å². The SMILES string of the molecule is CCOC(=O)C1=C(CN2CCOC(CO)C2)NC(C(N)=NC=N)=NC1c1ccc(F)cc1Br. The van der Waals surface area contributed by atoms with E-state index in [1.165, 1.54) is 18.2 Å². The number of benzene rings is 1. The molecule has 2 aliphatic heterocycles. The lowest BCUT2D eigenvalue weighted by Gasteiger charge is -2.35. The quantitative estimate of drug-likeness (QED) is 0.226. The van der Waals surface area contributed by atoms with Crippen molar-refractivity contribution in [3.63, 3.8) is 0 Å². The van der Waals surface area contributed by atoms with Crippen LogP contribution in [-0.2, 0) is 14.3 Å². The summed E-state index contributed by atoms with van der Waals surface area (Å²) in [7, 11) is 0. The fraction of sp³-hybridized carbons (Fsp3) is 0.429. The molecule has 0 aliphatic carbocycles. The lowest BCUT2D eigenvalue weighted by Crippen LogP contribution is -2.49. The molecule has 0 spiro atoms. The number of aliphatic imine (C=N–C) groups is 2. The number of aliphatic hydroxyl groups is 1. The van der Waals surface area contributed by atoms with Crippen molar-refractivity contribution in [1.82, 2.24) is 10.2 Å². The van der Waals surface area contributed by atoms with Crippen LogP contribution in [0.25, 0.3) is 0 Å². The number of carbonyl (C=O) groups excluding carboxylic acids is 1. The largest absolute Gasteiger partial charge is 0.463 e. The lowest BCUT2D eigenvalue weighted by atomic mass is 9.95. The van der Waals surface area contributed by atoms with Gasteiger partial charge in [-0.05, 0) is 24.6 Å². The van der Waals surface area contributed by atoms with Gasteiger partial charge in [0, 0.05) is 29.8 Å². The highest BCUT2D eigenvalue weighted by Gasteiger charge is 2.35. The second kappa shape index (κ2) is 11.5. The molecule has 2 heterocycles. The number of nitrogens with two attached hydrogens (primary N) is 1. The molecule has 1 aromatic carbocycles. The molecule has 2 atom stereocenters. The van der Waals surface area contributed by atoms with Crippen molar-refractivity contribution in [2.75, 3.05) is 39.5 Å². The summed E-state index contributed by atoms with van der Waals surface area (Å²) in [5.74, 6) is -0.879. The minimum absolute atomic E-state index is 0.0381. The van der Waals surface area contributed by atoms with E-state index >= 15 is 0 Å². The molecule has 5 N–H and O–H groups in total. The van der Waals surface area contributed by atoms with Crippen LogP contribution in [0.1, 0.15) is 18.5 Å². The molecule has 2 aliphatic rings. The van der Waals surface area contributed by atoms with E-state index in [2.05, 4.69) is 31.2 Å². The summed E-state index contributed by atoms with van der Waals surface area (Å²) in [6, 6.07) is 3.24. The minimum Gasteiger partial charge on any atom is -0.463 e. The number of carbonyl (C=O) groups is 1. The third kappa shape index (κ3) is 6.02. The molecule has 33 heavy (non-hydrogen) atoms. The van der Waals surface area contributed by atoms with E-state index in [9.17, 15) is 14.3 Å². The van der Waals surface area contributed by atoms with Gasteiger partial charge in [0.25, 0.3) is 0 Å². The summed E-state index contributed by atoms with van der Waals surface area (Å²) in [5, 5.41) is 19.8. The van der Waals surface area contributed by atoms with Crippen LogP contribution >= 0.6 is 15.9 Å². The first-order valence-electron chi connectivity index (χ1n) is 10.3. The number of halogens is 2. The highest BCUT2D eigenvalue weighted by molar-refractivity contribution is 9.10. The van der Waals surface area contributed by atoms with E-state index in [4.69, 9.17) is 20.6 Å². The third-order valence-corrected chi connectivity index (χ3v) is 5.82. The molecule has 1 aromatic rings. The Morgan fingerprint density at radius 2 is 2.36 bits per heavy atom. The van der Waals surface area contributed by atoms with Gasteiger partial charge in [0.15, 0.2) is 11.7 Å². The summed E-state index contributed by atoms with van der Waals surface area (Å²) in [4.78, 5) is 23.5. The number of esters is 1. The zero-order valence-corrected chi connectivity index (χ0v) is 19.6. The van der Waals surface area contributed by atoms with Crippen LogP contribution in [0.15, 0.2) is 43.9 Å². The Labute approximate surface area is 199 Å². The van der Waals surface area contributed by atoms with Crippen LogP contribution in [0.2, 0.25) is 0 Å². The number of hydrogen-bond acceptors (Lipinski definition) is 8. The van der Waals surface area contributed by atoms with Crippen molar-refractivity contribution in [2.24, 2.45) is 15.7 Å². The molecule has 178 valence electrons. The smallest absolute Gasteiger partial charge is 0.338 e. The summed E-state index contributed by atoms with van der Waals surface area (Å²) in [6.45, 7) is 3.50. The van der Waals surface area contributed by atoms with Gasteiger partial charge >= 0.3 is 5.97 Å². The van der Waals surface area contributed by atoms with E-state index < -0.39 is 17.8 Å².